The van der Waals surface area contributed by atoms with Gasteiger partial charge in [-0.05, 0) is 56.5 Å². The van der Waals surface area contributed by atoms with Crippen LogP contribution in [0.3, 0.4) is 0 Å². The van der Waals surface area contributed by atoms with Crippen molar-refractivity contribution in [3.63, 3.8) is 0 Å². The Morgan fingerprint density at radius 2 is 1.89 bits per heavy atom. The topological polar surface area (TPSA) is 78.5 Å². The third-order valence-corrected chi connectivity index (χ3v) is 5.50. The number of rotatable bonds is 8. The molecule has 1 saturated heterocycles. The van der Waals surface area contributed by atoms with Gasteiger partial charge in [0.15, 0.2) is 0 Å². The minimum Gasteiger partial charge on any atom is -0.478 e. The third kappa shape index (κ3) is 5.01. The Kier molecular flexibility index (Phi) is 6.87. The Labute approximate surface area is 167 Å². The summed E-state index contributed by atoms with van der Waals surface area (Å²) in [5.41, 5.74) is 10.5. The zero-order chi connectivity index (χ0) is 19.9. The molecular formula is C22H31N5O. The minimum atomic E-state index is 0.342. The van der Waals surface area contributed by atoms with Gasteiger partial charge in [-0.1, -0.05) is 12.1 Å². The lowest BCUT2D eigenvalue weighted by molar-refractivity contribution is 0.236. The van der Waals surface area contributed by atoms with E-state index in [4.69, 9.17) is 15.9 Å². The molecule has 28 heavy (non-hydrogen) atoms. The Morgan fingerprint density at radius 3 is 2.61 bits per heavy atom. The van der Waals surface area contributed by atoms with Crippen molar-refractivity contribution in [1.29, 1.82) is 5.41 Å². The van der Waals surface area contributed by atoms with Gasteiger partial charge in [0.25, 0.3) is 0 Å². The molecule has 1 aromatic heterocycles. The van der Waals surface area contributed by atoms with Crippen molar-refractivity contribution in [2.45, 2.75) is 26.7 Å². The number of nitrogens with zero attached hydrogens (tertiary/aromatic N) is 3. The van der Waals surface area contributed by atoms with E-state index in [0.29, 0.717) is 23.9 Å². The van der Waals surface area contributed by atoms with Crippen molar-refractivity contribution in [1.82, 2.24) is 9.88 Å². The lowest BCUT2D eigenvalue weighted by Crippen LogP contribution is -2.46. The summed E-state index contributed by atoms with van der Waals surface area (Å²) in [7, 11) is 0. The third-order valence-electron chi connectivity index (χ3n) is 5.50. The quantitative estimate of drug-likeness (QED) is 0.542. The largest absolute Gasteiger partial charge is 0.478 e. The van der Waals surface area contributed by atoms with Crippen LogP contribution in [0.2, 0.25) is 0 Å². The number of unbranched alkanes of at least 4 members (excludes halogenated alkanes) is 1. The van der Waals surface area contributed by atoms with Crippen LogP contribution in [0.15, 0.2) is 30.3 Å². The molecule has 150 valence electrons. The van der Waals surface area contributed by atoms with E-state index in [1.165, 1.54) is 23.0 Å². The number of nitrogens with one attached hydrogen (secondary N) is 1. The Balaban J connectivity index is 1.35. The summed E-state index contributed by atoms with van der Waals surface area (Å²) in [5.74, 6) is 0.874. The molecule has 0 aliphatic carbocycles. The Hall–Kier alpha value is -2.60. The van der Waals surface area contributed by atoms with Crippen molar-refractivity contribution in [3.05, 3.63) is 47.0 Å². The van der Waals surface area contributed by atoms with Crippen LogP contribution in [0.25, 0.3) is 0 Å². The summed E-state index contributed by atoms with van der Waals surface area (Å²) >= 11 is 0. The van der Waals surface area contributed by atoms with E-state index in [1.807, 2.05) is 0 Å². The van der Waals surface area contributed by atoms with Gasteiger partial charge in [-0.15, -0.1) is 0 Å². The summed E-state index contributed by atoms with van der Waals surface area (Å²) in [6.45, 7) is 10.5. The maximum absolute atomic E-state index is 7.23. The molecule has 6 nitrogen and oxygen atoms in total. The molecule has 3 N–H and O–H groups in total. The molecule has 1 aliphatic heterocycles. The zero-order valence-electron chi connectivity index (χ0n) is 16.9. The average molecular weight is 382 g/mol. The maximum Gasteiger partial charge on any atom is 0.215 e. The second kappa shape index (κ2) is 9.55. The molecule has 0 unspecified atom stereocenters. The number of pyridine rings is 1. The maximum atomic E-state index is 7.23. The average Bonchev–Trinajstić information content (AvgIpc) is 2.70. The zero-order valence-corrected chi connectivity index (χ0v) is 16.9. The smallest absolute Gasteiger partial charge is 0.215 e. The van der Waals surface area contributed by atoms with Crippen molar-refractivity contribution in [2.24, 2.45) is 0 Å². The van der Waals surface area contributed by atoms with Crippen LogP contribution < -0.4 is 15.4 Å². The fourth-order valence-corrected chi connectivity index (χ4v) is 3.57. The number of anilines is 2. The summed E-state index contributed by atoms with van der Waals surface area (Å²) in [6.07, 6.45) is 3.30. The van der Waals surface area contributed by atoms with Gasteiger partial charge in [0, 0.05) is 49.7 Å². The molecule has 3 rings (SSSR count). The minimum absolute atomic E-state index is 0.342. The molecule has 0 radical (unpaired) electrons. The van der Waals surface area contributed by atoms with Crippen LogP contribution in [-0.4, -0.2) is 55.4 Å². The van der Waals surface area contributed by atoms with E-state index in [9.17, 15) is 0 Å². The highest BCUT2D eigenvalue weighted by atomic mass is 16.5. The fourth-order valence-electron chi connectivity index (χ4n) is 3.57. The van der Waals surface area contributed by atoms with E-state index in [0.717, 1.165) is 45.6 Å². The number of aryl methyl sites for hydroxylation is 1. The molecular weight excluding hydrogens is 350 g/mol. The van der Waals surface area contributed by atoms with E-state index in [1.54, 1.807) is 12.1 Å². The number of piperazine rings is 1. The molecule has 2 aromatic rings. The first kappa shape index (κ1) is 20.1. The van der Waals surface area contributed by atoms with Crippen LogP contribution >= 0.6 is 0 Å². The number of aromatic nitrogens is 1. The second-order valence-corrected chi connectivity index (χ2v) is 7.37. The molecule has 0 saturated carbocycles. The SMILES string of the molecule is Cc1cccc(N2CCN(CCCCOc3ccc(C=N)c(N)n3)CC2)c1C. The van der Waals surface area contributed by atoms with Crippen LogP contribution in [0.5, 0.6) is 5.88 Å². The number of ether oxygens (including phenoxy) is 1. The summed E-state index contributed by atoms with van der Waals surface area (Å²) in [4.78, 5) is 9.22. The van der Waals surface area contributed by atoms with Crippen LogP contribution in [0.4, 0.5) is 11.5 Å². The molecule has 1 aliphatic rings. The van der Waals surface area contributed by atoms with Gasteiger partial charge in [-0.3, -0.25) is 4.90 Å². The molecule has 1 aromatic carbocycles. The van der Waals surface area contributed by atoms with Gasteiger partial charge in [-0.2, -0.15) is 4.98 Å². The first-order chi connectivity index (χ1) is 13.6. The Morgan fingerprint density at radius 1 is 1.11 bits per heavy atom. The molecule has 0 atom stereocenters. The summed E-state index contributed by atoms with van der Waals surface area (Å²) < 4.78 is 5.68. The highest BCUT2D eigenvalue weighted by molar-refractivity contribution is 5.83. The molecule has 0 spiro atoms. The molecule has 2 heterocycles. The van der Waals surface area contributed by atoms with Gasteiger partial charge in [0.2, 0.25) is 5.88 Å². The van der Waals surface area contributed by atoms with Crippen molar-refractivity contribution >= 4 is 17.7 Å². The summed E-state index contributed by atoms with van der Waals surface area (Å²) in [5, 5.41) is 7.23. The van der Waals surface area contributed by atoms with E-state index in [-0.39, 0.29) is 0 Å². The number of nitrogens with two attached hydrogens (primary N) is 1. The van der Waals surface area contributed by atoms with Gasteiger partial charge in [-0.25, -0.2) is 0 Å². The highest BCUT2D eigenvalue weighted by Gasteiger charge is 2.18. The van der Waals surface area contributed by atoms with Crippen LogP contribution in [0.1, 0.15) is 29.5 Å². The predicted octanol–water partition coefficient (Wildman–Crippen LogP) is 3.26. The first-order valence-electron chi connectivity index (χ1n) is 10.0. The monoisotopic (exact) mass is 381 g/mol. The van der Waals surface area contributed by atoms with E-state index in [2.05, 4.69) is 46.8 Å². The number of hydrogen-bond acceptors (Lipinski definition) is 6. The Bertz CT molecular complexity index is 800. The normalized spacial score (nSPS) is 14.9. The fraction of sp³-hybridized carbons (Fsp3) is 0.455. The highest BCUT2D eigenvalue weighted by Crippen LogP contribution is 2.24. The van der Waals surface area contributed by atoms with E-state index >= 15 is 0 Å². The van der Waals surface area contributed by atoms with Gasteiger partial charge in [0.05, 0.1) is 6.61 Å². The summed E-state index contributed by atoms with van der Waals surface area (Å²) in [6, 6.07) is 10.1. The first-order valence-corrected chi connectivity index (χ1v) is 10.0. The molecule has 0 amide bonds. The predicted molar refractivity (Wildman–Crippen MR) is 116 cm³/mol. The molecule has 0 bridgehead atoms. The molecule has 1 fully saturated rings. The van der Waals surface area contributed by atoms with Crippen molar-refractivity contribution in [3.8, 4) is 5.88 Å². The van der Waals surface area contributed by atoms with Crippen LogP contribution in [-0.2, 0) is 0 Å². The van der Waals surface area contributed by atoms with Gasteiger partial charge < -0.3 is 20.8 Å². The molecule has 6 heteroatoms. The van der Waals surface area contributed by atoms with Crippen molar-refractivity contribution < 1.29 is 4.74 Å². The lowest BCUT2D eigenvalue weighted by Gasteiger charge is -2.37. The van der Waals surface area contributed by atoms with Gasteiger partial charge in [0.1, 0.15) is 5.82 Å². The van der Waals surface area contributed by atoms with Crippen LogP contribution in [0, 0.1) is 19.3 Å². The standard InChI is InChI=1S/C22H31N5O/c1-17-6-5-7-20(18(17)2)27-13-11-26(12-14-27)10-3-4-15-28-21-9-8-19(16-23)22(24)25-21/h5-9,16,23H,3-4,10-15H2,1-2H3,(H2,24,25). The number of hydrogen-bond donors (Lipinski definition) is 2. The number of nitrogen functional groups attached to an aromatic ring is 1. The van der Waals surface area contributed by atoms with Gasteiger partial charge >= 0.3 is 0 Å². The number of benzene rings is 1. The van der Waals surface area contributed by atoms with Crippen molar-refractivity contribution in [2.75, 3.05) is 50.0 Å². The lowest BCUT2D eigenvalue weighted by atomic mass is 10.1. The second-order valence-electron chi connectivity index (χ2n) is 7.37. The van der Waals surface area contributed by atoms with E-state index < -0.39 is 0 Å².